The molecule has 0 fully saturated rings. The first kappa shape index (κ1) is 18.1. The molecule has 0 saturated heterocycles. The third-order valence-electron chi connectivity index (χ3n) is 3.31. The highest BCUT2D eigenvalue weighted by atomic mass is 35.5. The number of hydrazone groups is 1. The zero-order valence-electron chi connectivity index (χ0n) is 13.4. The predicted molar refractivity (Wildman–Crippen MR) is 95.7 cm³/mol. The van der Waals surface area contributed by atoms with E-state index in [1.807, 2.05) is 0 Å². The molecule has 5 nitrogen and oxygen atoms in total. The van der Waals surface area contributed by atoms with E-state index in [2.05, 4.69) is 10.5 Å². The van der Waals surface area contributed by atoms with Crippen molar-refractivity contribution in [1.29, 1.82) is 0 Å². The van der Waals surface area contributed by atoms with Crippen LogP contribution in [0.15, 0.2) is 41.5 Å². The summed E-state index contributed by atoms with van der Waals surface area (Å²) in [5.41, 5.74) is 4.26. The Morgan fingerprint density at radius 2 is 1.62 bits per heavy atom. The first-order valence-electron chi connectivity index (χ1n) is 6.98. The number of carbonyl (C=O) groups excluding carboxylic acids is 1. The molecule has 0 aliphatic carbocycles. The van der Waals surface area contributed by atoms with Crippen molar-refractivity contribution in [3.63, 3.8) is 0 Å². The maximum absolute atomic E-state index is 12.2. The number of hydrogen-bond acceptors (Lipinski definition) is 4. The van der Waals surface area contributed by atoms with Crippen molar-refractivity contribution in [3.05, 3.63) is 57.6 Å². The van der Waals surface area contributed by atoms with Crippen LogP contribution in [0.5, 0.6) is 11.5 Å². The maximum Gasteiger partial charge on any atom is 0.271 e. The second kappa shape index (κ2) is 8.04. The van der Waals surface area contributed by atoms with Crippen LogP contribution in [0, 0.1) is 0 Å². The van der Waals surface area contributed by atoms with Gasteiger partial charge in [-0.2, -0.15) is 5.10 Å². The minimum Gasteiger partial charge on any atom is -0.493 e. The number of nitrogens with one attached hydrogen (secondary N) is 1. The number of amides is 1. The highest BCUT2D eigenvalue weighted by Gasteiger charge is 2.10. The van der Waals surface area contributed by atoms with Crippen LogP contribution in [0.25, 0.3) is 0 Å². The average molecular weight is 367 g/mol. The molecule has 24 heavy (non-hydrogen) atoms. The molecule has 0 aliphatic heterocycles. The molecule has 0 aromatic heterocycles. The summed E-state index contributed by atoms with van der Waals surface area (Å²) in [4.78, 5) is 12.2. The lowest BCUT2D eigenvalue weighted by Crippen LogP contribution is -2.19. The van der Waals surface area contributed by atoms with Crippen molar-refractivity contribution >= 4 is 34.8 Å². The smallest absolute Gasteiger partial charge is 0.271 e. The Bertz CT molecular complexity index is 791. The predicted octanol–water partition coefficient (Wildman–Crippen LogP) is 4.16. The van der Waals surface area contributed by atoms with Crippen LogP contribution in [0.1, 0.15) is 22.8 Å². The van der Waals surface area contributed by atoms with E-state index in [0.29, 0.717) is 32.8 Å². The Morgan fingerprint density at radius 1 is 0.958 bits per heavy atom. The molecule has 0 aliphatic rings. The van der Waals surface area contributed by atoms with Crippen molar-refractivity contribution in [2.75, 3.05) is 14.2 Å². The number of carbonyl (C=O) groups is 1. The number of halogens is 2. The van der Waals surface area contributed by atoms with Crippen LogP contribution in [-0.4, -0.2) is 25.8 Å². The van der Waals surface area contributed by atoms with E-state index in [4.69, 9.17) is 32.7 Å². The fourth-order valence-electron chi connectivity index (χ4n) is 1.96. The fraction of sp³-hybridized carbons (Fsp3) is 0.176. The normalized spacial score (nSPS) is 11.1. The van der Waals surface area contributed by atoms with Crippen molar-refractivity contribution in [1.82, 2.24) is 5.43 Å². The van der Waals surface area contributed by atoms with E-state index >= 15 is 0 Å². The lowest BCUT2D eigenvalue weighted by molar-refractivity contribution is 0.0954. The van der Waals surface area contributed by atoms with Crippen LogP contribution in [-0.2, 0) is 0 Å². The Hall–Kier alpha value is -2.24. The summed E-state index contributed by atoms with van der Waals surface area (Å²) < 4.78 is 10.3. The summed E-state index contributed by atoms with van der Waals surface area (Å²) in [7, 11) is 3.04. The van der Waals surface area contributed by atoms with E-state index in [9.17, 15) is 4.79 Å². The molecule has 7 heteroatoms. The Labute approximate surface area is 150 Å². The summed E-state index contributed by atoms with van der Waals surface area (Å²) in [6, 6.07) is 10.00. The highest BCUT2D eigenvalue weighted by Crippen LogP contribution is 2.27. The van der Waals surface area contributed by atoms with Gasteiger partial charge in [0.2, 0.25) is 0 Å². The molecule has 0 atom stereocenters. The largest absolute Gasteiger partial charge is 0.493 e. The second-order valence-electron chi connectivity index (χ2n) is 4.84. The van der Waals surface area contributed by atoms with Crippen molar-refractivity contribution in [3.8, 4) is 11.5 Å². The monoisotopic (exact) mass is 366 g/mol. The van der Waals surface area contributed by atoms with Crippen LogP contribution >= 0.6 is 23.2 Å². The summed E-state index contributed by atoms with van der Waals surface area (Å²) in [6.45, 7) is 1.76. The topological polar surface area (TPSA) is 59.9 Å². The quantitative estimate of drug-likeness (QED) is 0.638. The number of hydrogen-bond donors (Lipinski definition) is 1. The lowest BCUT2D eigenvalue weighted by Gasteiger charge is -2.09. The van der Waals surface area contributed by atoms with Gasteiger partial charge in [-0.25, -0.2) is 5.43 Å². The zero-order chi connectivity index (χ0) is 17.7. The van der Waals surface area contributed by atoms with Gasteiger partial charge in [-0.05, 0) is 42.8 Å². The fourth-order valence-corrected chi connectivity index (χ4v) is 2.26. The van der Waals surface area contributed by atoms with Gasteiger partial charge in [0.1, 0.15) is 0 Å². The number of nitrogens with zero attached hydrogens (tertiary/aromatic N) is 1. The average Bonchev–Trinajstić information content (AvgIpc) is 2.60. The van der Waals surface area contributed by atoms with E-state index in [0.717, 1.165) is 5.56 Å². The van der Waals surface area contributed by atoms with E-state index in [1.165, 1.54) is 14.2 Å². The molecule has 0 unspecified atom stereocenters. The minimum absolute atomic E-state index is 0.365. The van der Waals surface area contributed by atoms with Crippen LogP contribution in [0.4, 0.5) is 0 Å². The Morgan fingerprint density at radius 3 is 2.25 bits per heavy atom. The first-order valence-corrected chi connectivity index (χ1v) is 7.74. The van der Waals surface area contributed by atoms with Gasteiger partial charge in [-0.1, -0.05) is 29.3 Å². The molecule has 0 radical (unpaired) electrons. The molecule has 0 spiro atoms. The highest BCUT2D eigenvalue weighted by molar-refractivity contribution is 6.42. The van der Waals surface area contributed by atoms with Gasteiger partial charge in [0, 0.05) is 5.56 Å². The molecular weight excluding hydrogens is 351 g/mol. The number of benzene rings is 2. The Balaban J connectivity index is 2.15. The summed E-state index contributed by atoms with van der Waals surface area (Å²) in [6.07, 6.45) is 0. The van der Waals surface area contributed by atoms with E-state index in [-0.39, 0.29) is 5.91 Å². The van der Waals surface area contributed by atoms with Crippen molar-refractivity contribution in [2.45, 2.75) is 6.92 Å². The van der Waals surface area contributed by atoms with Crippen LogP contribution in [0.2, 0.25) is 10.0 Å². The van der Waals surface area contributed by atoms with E-state index < -0.39 is 0 Å². The number of rotatable bonds is 5. The molecular formula is C17H16Cl2N2O3. The molecule has 126 valence electrons. The molecule has 2 rings (SSSR count). The number of methoxy groups -OCH3 is 2. The van der Waals surface area contributed by atoms with Gasteiger partial charge >= 0.3 is 0 Å². The molecule has 0 heterocycles. The van der Waals surface area contributed by atoms with Gasteiger partial charge in [0.05, 0.1) is 30.0 Å². The van der Waals surface area contributed by atoms with Crippen LogP contribution < -0.4 is 14.9 Å². The minimum atomic E-state index is -0.365. The summed E-state index contributed by atoms with van der Waals surface area (Å²) >= 11 is 11.9. The van der Waals surface area contributed by atoms with Crippen molar-refractivity contribution < 1.29 is 14.3 Å². The van der Waals surface area contributed by atoms with E-state index in [1.54, 1.807) is 43.3 Å². The molecule has 0 bridgehead atoms. The van der Waals surface area contributed by atoms with Crippen LogP contribution in [0.3, 0.4) is 0 Å². The third-order valence-corrected chi connectivity index (χ3v) is 4.05. The maximum atomic E-state index is 12.2. The van der Waals surface area contributed by atoms with Gasteiger partial charge in [-0.15, -0.1) is 0 Å². The standard InChI is InChI=1S/C17H16Cl2N2O3/c1-10(11-4-6-13(18)14(19)8-11)20-21-17(22)12-5-7-15(23-2)16(9-12)24-3/h4-9H,1-3H3,(H,21,22)/b20-10+. The molecule has 1 N–H and O–H groups in total. The molecule has 0 saturated carbocycles. The van der Waals surface area contributed by atoms with Gasteiger partial charge < -0.3 is 9.47 Å². The third kappa shape index (κ3) is 4.19. The Kier molecular flexibility index (Phi) is 6.06. The first-order chi connectivity index (χ1) is 11.5. The number of ether oxygens (including phenoxy) is 2. The molecule has 2 aromatic carbocycles. The zero-order valence-corrected chi connectivity index (χ0v) is 14.9. The van der Waals surface area contributed by atoms with Gasteiger partial charge in [-0.3, -0.25) is 4.79 Å². The van der Waals surface area contributed by atoms with Crippen molar-refractivity contribution in [2.24, 2.45) is 5.10 Å². The second-order valence-corrected chi connectivity index (χ2v) is 5.65. The molecule has 1 amide bonds. The summed E-state index contributed by atoms with van der Waals surface area (Å²) in [5, 5.41) is 4.97. The SMILES string of the molecule is COc1ccc(C(=O)N/N=C(\C)c2ccc(Cl)c(Cl)c2)cc1OC. The summed E-state index contributed by atoms with van der Waals surface area (Å²) in [5.74, 6) is 0.648. The van der Waals surface area contributed by atoms with Gasteiger partial charge in [0.25, 0.3) is 5.91 Å². The van der Waals surface area contributed by atoms with Gasteiger partial charge in [0.15, 0.2) is 11.5 Å². The molecule has 2 aromatic rings. The lowest BCUT2D eigenvalue weighted by atomic mass is 10.1.